The number of ether oxygens (including phenoxy) is 1. The topological polar surface area (TPSA) is 136 Å². The van der Waals surface area contributed by atoms with Crippen LogP contribution in [0.3, 0.4) is 0 Å². The Morgan fingerprint density at radius 3 is 2.54 bits per heavy atom. The van der Waals surface area contributed by atoms with Gasteiger partial charge in [-0.3, -0.25) is 14.4 Å². The smallest absolute Gasteiger partial charge is 0.254 e. The molecule has 12 nitrogen and oxygen atoms in total. The summed E-state index contributed by atoms with van der Waals surface area (Å²) >= 11 is 0. The lowest BCUT2D eigenvalue weighted by Gasteiger charge is -2.24. The second-order valence-corrected chi connectivity index (χ2v) is 10.9. The molecule has 12 heteroatoms. The monoisotopic (exact) mass is 618 g/mol. The minimum atomic E-state index is -0.509. The van der Waals surface area contributed by atoms with Crippen molar-refractivity contribution in [2.45, 2.75) is 25.9 Å². The summed E-state index contributed by atoms with van der Waals surface area (Å²) in [5.74, 6) is 0.742. The van der Waals surface area contributed by atoms with Crippen molar-refractivity contribution in [1.29, 1.82) is 0 Å². The summed E-state index contributed by atoms with van der Waals surface area (Å²) in [6.45, 7) is 2.85. The molecule has 6 rings (SSSR count). The van der Waals surface area contributed by atoms with Gasteiger partial charge in [0.25, 0.3) is 11.8 Å². The molecule has 3 heterocycles. The molecular weight excluding hydrogens is 584 g/mol. The van der Waals surface area contributed by atoms with Gasteiger partial charge in [-0.05, 0) is 55.8 Å². The van der Waals surface area contributed by atoms with E-state index in [0.717, 1.165) is 11.3 Å². The van der Waals surface area contributed by atoms with E-state index in [1.165, 1.54) is 4.90 Å². The molecule has 0 fully saturated rings. The van der Waals surface area contributed by atoms with Gasteiger partial charge in [0.05, 0.1) is 25.5 Å². The molecule has 5 aromatic rings. The van der Waals surface area contributed by atoms with Crippen molar-refractivity contribution in [3.8, 4) is 22.8 Å². The van der Waals surface area contributed by atoms with Crippen LogP contribution in [0, 0.1) is 0 Å². The summed E-state index contributed by atoms with van der Waals surface area (Å²) < 4.78 is 9.53. The molecule has 1 aliphatic rings. The fourth-order valence-electron chi connectivity index (χ4n) is 5.25. The molecule has 0 saturated carbocycles. The molecule has 2 N–H and O–H groups in total. The number of carbonyl (C=O) groups excluding carboxylic acids is 3. The molecule has 0 spiro atoms. The number of carbonyl (C=O) groups is 3. The molecule has 2 aromatic heterocycles. The number of nitrogens with one attached hydrogen (secondary N) is 2. The van der Waals surface area contributed by atoms with E-state index in [-0.39, 0.29) is 37.4 Å². The molecule has 3 aromatic carbocycles. The highest BCUT2D eigenvalue weighted by atomic mass is 16.5. The lowest BCUT2D eigenvalue weighted by atomic mass is 10.1. The summed E-state index contributed by atoms with van der Waals surface area (Å²) in [7, 11) is 0. The van der Waals surface area contributed by atoms with Gasteiger partial charge in [0.2, 0.25) is 5.91 Å². The number of hydrogen-bond donors (Lipinski definition) is 2. The lowest BCUT2D eigenvalue weighted by Crippen LogP contribution is -2.43. The van der Waals surface area contributed by atoms with Crippen molar-refractivity contribution in [1.82, 2.24) is 39.8 Å². The maximum atomic E-state index is 13.7. The largest absolute Gasteiger partial charge is 0.492 e. The number of imidazole rings is 1. The molecule has 1 atom stereocenters. The Morgan fingerprint density at radius 2 is 1.76 bits per heavy atom. The van der Waals surface area contributed by atoms with E-state index < -0.39 is 6.04 Å². The van der Waals surface area contributed by atoms with Gasteiger partial charge in [0.1, 0.15) is 18.2 Å². The van der Waals surface area contributed by atoms with Crippen molar-refractivity contribution in [3.63, 3.8) is 0 Å². The normalized spacial score (nSPS) is 16.3. The van der Waals surface area contributed by atoms with Crippen molar-refractivity contribution >= 4 is 17.7 Å². The fourth-order valence-corrected chi connectivity index (χ4v) is 5.25. The molecule has 3 amide bonds. The van der Waals surface area contributed by atoms with Crippen molar-refractivity contribution in [2.24, 2.45) is 0 Å². The van der Waals surface area contributed by atoms with Gasteiger partial charge in [0.15, 0.2) is 5.82 Å². The second-order valence-electron chi connectivity index (χ2n) is 10.9. The van der Waals surface area contributed by atoms with Gasteiger partial charge < -0.3 is 24.8 Å². The van der Waals surface area contributed by atoms with Crippen LogP contribution in [0.2, 0.25) is 0 Å². The summed E-state index contributed by atoms with van der Waals surface area (Å²) in [4.78, 5) is 50.3. The van der Waals surface area contributed by atoms with E-state index >= 15 is 0 Å². The summed E-state index contributed by atoms with van der Waals surface area (Å²) in [6, 6.07) is 23.2. The Balaban J connectivity index is 1.26. The van der Waals surface area contributed by atoms with E-state index in [0.29, 0.717) is 48.0 Å². The molecular formula is C34H34N8O4. The minimum absolute atomic E-state index is 0.175. The zero-order chi connectivity index (χ0) is 31.9. The summed E-state index contributed by atoms with van der Waals surface area (Å²) in [6.07, 6.45) is 5.62. The number of nitrogens with zero attached hydrogens (tertiary/aromatic N) is 6. The van der Waals surface area contributed by atoms with E-state index in [1.54, 1.807) is 53.6 Å². The van der Waals surface area contributed by atoms with Crippen LogP contribution in [-0.2, 0) is 11.3 Å². The van der Waals surface area contributed by atoms with E-state index in [4.69, 9.17) is 14.8 Å². The third kappa shape index (κ3) is 7.12. The Kier molecular flexibility index (Phi) is 9.14. The first-order valence-electron chi connectivity index (χ1n) is 15.1. The maximum Gasteiger partial charge on any atom is 0.254 e. The molecule has 0 radical (unpaired) electrons. The van der Waals surface area contributed by atoms with Crippen LogP contribution in [0.15, 0.2) is 97.6 Å². The number of hydrogen-bond acceptors (Lipinski definition) is 7. The van der Waals surface area contributed by atoms with Gasteiger partial charge in [-0.2, -0.15) is 5.10 Å². The lowest BCUT2D eigenvalue weighted by molar-refractivity contribution is -0.122. The molecule has 0 aliphatic carbocycles. The predicted molar refractivity (Wildman–Crippen MR) is 170 cm³/mol. The van der Waals surface area contributed by atoms with Crippen molar-refractivity contribution in [3.05, 3.63) is 115 Å². The Labute approximate surface area is 266 Å². The zero-order valence-corrected chi connectivity index (χ0v) is 25.4. The van der Waals surface area contributed by atoms with E-state index in [9.17, 15) is 14.4 Å². The van der Waals surface area contributed by atoms with Gasteiger partial charge in [-0.15, -0.1) is 0 Å². The Hall–Kier alpha value is -5.78. The number of fused-ring (bicyclic) bond motifs is 3. The maximum absolute atomic E-state index is 13.7. The van der Waals surface area contributed by atoms with Gasteiger partial charge in [0, 0.05) is 47.9 Å². The SMILES string of the molecule is C[C@@H]1NC(=O)CN(C(=O)c2ccc(-n3ccnc3)cc2)CCCNC(=O)c2cccc(c2)OCCn2nc(-c3ccccc3)nc21. The second kappa shape index (κ2) is 13.9. The summed E-state index contributed by atoms with van der Waals surface area (Å²) in [5, 5.41) is 10.6. The highest BCUT2D eigenvalue weighted by molar-refractivity contribution is 5.97. The summed E-state index contributed by atoms with van der Waals surface area (Å²) in [5.41, 5.74) is 2.61. The van der Waals surface area contributed by atoms with Crippen LogP contribution in [0.4, 0.5) is 0 Å². The van der Waals surface area contributed by atoms with Crippen molar-refractivity contribution < 1.29 is 19.1 Å². The number of benzene rings is 3. The van der Waals surface area contributed by atoms with Gasteiger partial charge in [-0.1, -0.05) is 36.4 Å². The highest BCUT2D eigenvalue weighted by Gasteiger charge is 2.23. The van der Waals surface area contributed by atoms with Gasteiger partial charge in [-0.25, -0.2) is 14.6 Å². The predicted octanol–water partition coefficient (Wildman–Crippen LogP) is 3.66. The van der Waals surface area contributed by atoms with Gasteiger partial charge >= 0.3 is 0 Å². The highest BCUT2D eigenvalue weighted by Crippen LogP contribution is 2.20. The van der Waals surface area contributed by atoms with Crippen LogP contribution in [0.25, 0.3) is 17.1 Å². The molecule has 234 valence electrons. The van der Waals surface area contributed by atoms with E-state index in [1.807, 2.05) is 60.2 Å². The molecule has 46 heavy (non-hydrogen) atoms. The first kappa shape index (κ1) is 30.3. The average Bonchev–Trinajstić information content (AvgIpc) is 3.77. The average molecular weight is 619 g/mol. The van der Waals surface area contributed by atoms with Crippen molar-refractivity contribution in [2.75, 3.05) is 26.2 Å². The third-order valence-electron chi connectivity index (χ3n) is 7.59. The zero-order valence-electron chi connectivity index (χ0n) is 25.4. The minimum Gasteiger partial charge on any atom is -0.492 e. The molecule has 0 saturated heterocycles. The third-order valence-corrected chi connectivity index (χ3v) is 7.59. The molecule has 1 aliphatic heterocycles. The molecule has 2 bridgehead atoms. The van der Waals surface area contributed by atoms with Crippen LogP contribution < -0.4 is 15.4 Å². The van der Waals surface area contributed by atoms with Crippen LogP contribution in [0.1, 0.15) is 45.9 Å². The first-order chi connectivity index (χ1) is 22.4. The number of amides is 3. The Bertz CT molecular complexity index is 1800. The fraction of sp³-hybridized carbons (Fsp3) is 0.235. The standard InChI is InChI=1S/C34H34N8O4/c1-24-32-38-31(25-7-3-2-4-8-25)39-42(32)19-20-46-29-10-5-9-27(21-29)33(44)36-15-6-17-40(22-30(43)37-24)34(45)26-11-13-28(14-12-26)41-18-16-35-23-41/h2-5,7-14,16,18,21,23-24H,6,15,17,19-20,22H2,1H3,(H,36,44)(H,37,43)/t24-/m0/s1. The van der Waals surface area contributed by atoms with Crippen LogP contribution >= 0.6 is 0 Å². The quantitative estimate of drug-likeness (QED) is 0.315. The van der Waals surface area contributed by atoms with Crippen LogP contribution in [-0.4, -0.2) is 73.2 Å². The first-order valence-corrected chi connectivity index (χ1v) is 15.1. The molecule has 0 unspecified atom stereocenters. The number of aromatic nitrogens is 5. The van der Waals surface area contributed by atoms with E-state index in [2.05, 4.69) is 15.6 Å². The Morgan fingerprint density at radius 1 is 0.957 bits per heavy atom. The number of rotatable bonds is 3. The van der Waals surface area contributed by atoms with Crippen LogP contribution in [0.5, 0.6) is 5.75 Å².